The van der Waals surface area contributed by atoms with Crippen molar-refractivity contribution in [2.45, 2.75) is 37.5 Å². The summed E-state index contributed by atoms with van der Waals surface area (Å²) < 4.78 is 37.6. The molecule has 1 heterocycles. The molecule has 0 bridgehead atoms. The first-order valence-electron chi connectivity index (χ1n) is 7.22. The van der Waals surface area contributed by atoms with Gasteiger partial charge in [0.1, 0.15) is 12.1 Å². The highest BCUT2D eigenvalue weighted by atomic mass is 19.4. The molecule has 0 saturated carbocycles. The fourth-order valence-corrected chi connectivity index (χ4v) is 2.37. The van der Waals surface area contributed by atoms with Gasteiger partial charge in [-0.1, -0.05) is 12.1 Å². The van der Waals surface area contributed by atoms with Crippen LogP contribution in [-0.4, -0.2) is 29.8 Å². The minimum atomic E-state index is -4.45. The van der Waals surface area contributed by atoms with Crippen LogP contribution >= 0.6 is 0 Å². The fourth-order valence-electron chi connectivity index (χ4n) is 2.37. The van der Waals surface area contributed by atoms with Gasteiger partial charge in [-0.2, -0.15) is 13.2 Å². The summed E-state index contributed by atoms with van der Waals surface area (Å²) in [7, 11) is 0. The Morgan fingerprint density at radius 1 is 1.29 bits per heavy atom. The van der Waals surface area contributed by atoms with E-state index >= 15 is 0 Å². The molecule has 1 fully saturated rings. The Morgan fingerprint density at radius 2 is 1.92 bits per heavy atom. The Bertz CT molecular complexity index is 644. The summed E-state index contributed by atoms with van der Waals surface area (Å²) in [5.41, 5.74) is 4.85. The summed E-state index contributed by atoms with van der Waals surface area (Å²) in [5, 5.41) is 4.88. The highest BCUT2D eigenvalue weighted by Crippen LogP contribution is 2.29. The Labute approximate surface area is 135 Å². The monoisotopic (exact) mass is 343 g/mol. The van der Waals surface area contributed by atoms with Crippen LogP contribution in [0.15, 0.2) is 24.3 Å². The maximum Gasteiger partial charge on any atom is 0.416 e. The molecule has 1 saturated heterocycles. The minimum Gasteiger partial charge on any atom is -0.368 e. The first-order valence-corrected chi connectivity index (χ1v) is 7.22. The van der Waals surface area contributed by atoms with Gasteiger partial charge in [-0.15, -0.1) is 0 Å². The van der Waals surface area contributed by atoms with Crippen LogP contribution in [0.5, 0.6) is 0 Å². The lowest BCUT2D eigenvalue weighted by Gasteiger charge is -2.18. The van der Waals surface area contributed by atoms with E-state index in [9.17, 15) is 27.6 Å². The molecule has 0 spiro atoms. The first kappa shape index (κ1) is 17.8. The van der Waals surface area contributed by atoms with Gasteiger partial charge in [0.2, 0.25) is 17.7 Å². The van der Waals surface area contributed by atoms with Crippen LogP contribution in [0.25, 0.3) is 0 Å². The molecule has 0 radical (unpaired) electrons. The van der Waals surface area contributed by atoms with Crippen LogP contribution in [0.3, 0.4) is 0 Å². The smallest absolute Gasteiger partial charge is 0.368 e. The third-order valence-corrected chi connectivity index (χ3v) is 3.69. The summed E-state index contributed by atoms with van der Waals surface area (Å²) in [4.78, 5) is 34.6. The molecule has 0 aliphatic carbocycles. The molecule has 1 aliphatic heterocycles. The van der Waals surface area contributed by atoms with Crippen molar-refractivity contribution in [3.63, 3.8) is 0 Å². The summed E-state index contributed by atoms with van der Waals surface area (Å²) in [6.45, 7) is 0. The zero-order valence-corrected chi connectivity index (χ0v) is 12.5. The number of benzene rings is 1. The normalized spacial score (nSPS) is 18.8. The molecule has 0 aromatic heterocycles. The number of alkyl halides is 3. The second-order valence-electron chi connectivity index (χ2n) is 5.52. The number of hydrogen-bond donors (Lipinski definition) is 3. The molecule has 6 nitrogen and oxygen atoms in total. The lowest BCUT2D eigenvalue weighted by atomic mass is 10.0. The van der Waals surface area contributed by atoms with Gasteiger partial charge in [-0.25, -0.2) is 0 Å². The van der Waals surface area contributed by atoms with Gasteiger partial charge >= 0.3 is 6.18 Å². The number of halogens is 3. The Balaban J connectivity index is 2.02. The highest BCUT2D eigenvalue weighted by molar-refractivity contribution is 5.93. The molecule has 3 amide bonds. The van der Waals surface area contributed by atoms with E-state index < -0.39 is 35.6 Å². The predicted molar refractivity (Wildman–Crippen MR) is 77.4 cm³/mol. The number of hydrogen-bond acceptors (Lipinski definition) is 3. The van der Waals surface area contributed by atoms with E-state index in [1.165, 1.54) is 12.1 Å². The van der Waals surface area contributed by atoms with Crippen molar-refractivity contribution in [3.05, 3.63) is 35.4 Å². The Morgan fingerprint density at radius 3 is 2.38 bits per heavy atom. The molecule has 0 unspecified atom stereocenters. The van der Waals surface area contributed by atoms with Crippen molar-refractivity contribution in [1.29, 1.82) is 0 Å². The predicted octanol–water partition coefficient (Wildman–Crippen LogP) is 0.497. The van der Waals surface area contributed by atoms with Crippen LogP contribution < -0.4 is 16.4 Å². The Kier molecular flexibility index (Phi) is 5.10. The van der Waals surface area contributed by atoms with Crippen molar-refractivity contribution >= 4 is 17.7 Å². The van der Waals surface area contributed by atoms with E-state index in [1.807, 2.05) is 0 Å². The number of nitrogens with two attached hydrogens (primary N) is 1. The van der Waals surface area contributed by atoms with Crippen molar-refractivity contribution in [1.82, 2.24) is 10.6 Å². The van der Waals surface area contributed by atoms with Crippen LogP contribution in [0, 0.1) is 0 Å². The van der Waals surface area contributed by atoms with E-state index in [1.54, 1.807) is 0 Å². The fraction of sp³-hybridized carbons (Fsp3) is 0.400. The largest absolute Gasteiger partial charge is 0.416 e. The second kappa shape index (κ2) is 6.90. The molecule has 2 atom stereocenters. The number of carbonyl (C=O) groups is 3. The molecular formula is C15H16F3N3O3. The summed E-state index contributed by atoms with van der Waals surface area (Å²) in [6, 6.07) is 2.43. The molecule has 24 heavy (non-hydrogen) atoms. The van der Waals surface area contributed by atoms with E-state index in [0.29, 0.717) is 12.0 Å². The van der Waals surface area contributed by atoms with Crippen molar-refractivity contribution in [2.24, 2.45) is 5.73 Å². The number of amides is 3. The third-order valence-electron chi connectivity index (χ3n) is 3.69. The topological polar surface area (TPSA) is 101 Å². The zero-order chi connectivity index (χ0) is 17.9. The summed E-state index contributed by atoms with van der Waals surface area (Å²) >= 11 is 0. The molecular weight excluding hydrogens is 327 g/mol. The van der Waals surface area contributed by atoms with Gasteiger partial charge < -0.3 is 16.4 Å². The van der Waals surface area contributed by atoms with Gasteiger partial charge in [0.05, 0.1) is 5.56 Å². The standard InChI is InChI=1S/C15H16F3N3O3/c16-15(17,18)9-3-1-8(2-4-9)7-11(13(19)23)21-14(24)10-5-6-12(22)20-10/h1-4,10-11H,5-7H2,(H2,19,23)(H,20,22)(H,21,24)/t10-,11+/m0/s1. The Hall–Kier alpha value is -2.58. The molecule has 4 N–H and O–H groups in total. The molecule has 9 heteroatoms. The van der Waals surface area contributed by atoms with E-state index in [-0.39, 0.29) is 18.7 Å². The molecule has 1 aliphatic rings. The third kappa shape index (κ3) is 4.46. The lowest BCUT2D eigenvalue weighted by Crippen LogP contribution is -2.51. The highest BCUT2D eigenvalue weighted by Gasteiger charge is 2.31. The van der Waals surface area contributed by atoms with E-state index in [2.05, 4.69) is 10.6 Å². The van der Waals surface area contributed by atoms with Gasteiger partial charge in [-0.3, -0.25) is 14.4 Å². The maximum atomic E-state index is 12.5. The van der Waals surface area contributed by atoms with E-state index in [4.69, 9.17) is 5.73 Å². The van der Waals surface area contributed by atoms with Crippen LogP contribution in [-0.2, 0) is 27.0 Å². The SMILES string of the molecule is NC(=O)[C@@H](Cc1ccc(C(F)(F)F)cc1)NC(=O)[C@@H]1CCC(=O)N1. The van der Waals surface area contributed by atoms with E-state index in [0.717, 1.165) is 12.1 Å². The zero-order valence-electron chi connectivity index (χ0n) is 12.5. The van der Waals surface area contributed by atoms with Crippen molar-refractivity contribution < 1.29 is 27.6 Å². The molecule has 1 aromatic rings. The molecule has 1 aromatic carbocycles. The van der Waals surface area contributed by atoms with Gasteiger partial charge in [0.15, 0.2) is 0 Å². The molecule has 2 rings (SSSR count). The van der Waals surface area contributed by atoms with Crippen LogP contribution in [0.4, 0.5) is 13.2 Å². The summed E-state index contributed by atoms with van der Waals surface area (Å²) in [6.07, 6.45) is -3.95. The van der Waals surface area contributed by atoms with Crippen LogP contribution in [0.2, 0.25) is 0 Å². The number of primary amides is 1. The number of nitrogens with one attached hydrogen (secondary N) is 2. The molecule has 130 valence electrons. The summed E-state index contributed by atoms with van der Waals surface area (Å²) in [5.74, 6) is -1.61. The lowest BCUT2D eigenvalue weighted by molar-refractivity contribution is -0.137. The van der Waals surface area contributed by atoms with Crippen LogP contribution in [0.1, 0.15) is 24.0 Å². The average molecular weight is 343 g/mol. The first-order chi connectivity index (χ1) is 11.2. The van der Waals surface area contributed by atoms with Gasteiger partial charge in [0.25, 0.3) is 0 Å². The average Bonchev–Trinajstić information content (AvgIpc) is 2.92. The van der Waals surface area contributed by atoms with Crippen molar-refractivity contribution in [2.75, 3.05) is 0 Å². The number of rotatable bonds is 5. The second-order valence-corrected chi connectivity index (χ2v) is 5.52. The van der Waals surface area contributed by atoms with Crippen molar-refractivity contribution in [3.8, 4) is 0 Å². The van der Waals surface area contributed by atoms with Gasteiger partial charge in [-0.05, 0) is 24.1 Å². The minimum absolute atomic E-state index is 0.0418. The number of carbonyl (C=O) groups excluding carboxylic acids is 3. The van der Waals surface area contributed by atoms with Gasteiger partial charge in [0, 0.05) is 12.8 Å². The maximum absolute atomic E-state index is 12.5. The quantitative estimate of drug-likeness (QED) is 0.725.